The second-order valence-corrected chi connectivity index (χ2v) is 5.93. The topological polar surface area (TPSA) is 64.3 Å². The van der Waals surface area contributed by atoms with Crippen LogP contribution in [0, 0.1) is 11.8 Å². The molecule has 0 radical (unpaired) electrons. The third-order valence-corrected chi connectivity index (χ3v) is 4.08. The van der Waals surface area contributed by atoms with Crippen molar-refractivity contribution in [2.24, 2.45) is 17.6 Å². The Morgan fingerprint density at radius 3 is 2.58 bits per heavy atom. The van der Waals surface area contributed by atoms with Crippen LogP contribution >= 0.6 is 0 Å². The number of ether oxygens (including phenoxy) is 1. The van der Waals surface area contributed by atoms with Crippen molar-refractivity contribution in [1.82, 2.24) is 5.32 Å². The molecule has 19 heavy (non-hydrogen) atoms. The van der Waals surface area contributed by atoms with Gasteiger partial charge in [-0.3, -0.25) is 4.79 Å². The van der Waals surface area contributed by atoms with E-state index in [0.717, 1.165) is 32.3 Å². The fraction of sp³-hybridized carbons (Fsp3) is 0.933. The molecule has 1 atom stereocenters. The van der Waals surface area contributed by atoms with Gasteiger partial charge in [-0.2, -0.15) is 0 Å². The molecule has 0 heterocycles. The van der Waals surface area contributed by atoms with Gasteiger partial charge in [0.25, 0.3) is 0 Å². The van der Waals surface area contributed by atoms with E-state index in [9.17, 15) is 4.79 Å². The molecule has 0 bridgehead atoms. The summed E-state index contributed by atoms with van der Waals surface area (Å²) in [4.78, 5) is 11.9. The highest BCUT2D eigenvalue weighted by Crippen LogP contribution is 2.24. The molecule has 1 fully saturated rings. The molecular formula is C15H30N2O2. The number of rotatable bonds is 9. The predicted octanol–water partition coefficient (Wildman–Crippen LogP) is 2.07. The van der Waals surface area contributed by atoms with Crippen LogP contribution in [-0.4, -0.2) is 31.2 Å². The number of nitrogens with two attached hydrogens (primary N) is 1. The SMILES string of the molecule is CCOC1CC(NC(=O)CCC(CCN)C(C)C)C1. The van der Waals surface area contributed by atoms with Crippen molar-refractivity contribution in [3.63, 3.8) is 0 Å². The van der Waals surface area contributed by atoms with Crippen LogP contribution in [0.3, 0.4) is 0 Å². The van der Waals surface area contributed by atoms with Crippen LogP contribution in [-0.2, 0) is 9.53 Å². The van der Waals surface area contributed by atoms with Crippen LogP contribution in [0.2, 0.25) is 0 Å². The summed E-state index contributed by atoms with van der Waals surface area (Å²) in [7, 11) is 0. The van der Waals surface area contributed by atoms with E-state index in [4.69, 9.17) is 10.5 Å². The first-order chi connectivity index (χ1) is 9.06. The average Bonchev–Trinajstić information content (AvgIpc) is 2.31. The Kier molecular flexibility index (Phi) is 7.39. The van der Waals surface area contributed by atoms with E-state index < -0.39 is 0 Å². The van der Waals surface area contributed by atoms with E-state index in [2.05, 4.69) is 19.2 Å². The lowest BCUT2D eigenvalue weighted by Gasteiger charge is -2.35. The summed E-state index contributed by atoms with van der Waals surface area (Å²) in [5, 5.41) is 3.09. The highest BCUT2D eigenvalue weighted by molar-refractivity contribution is 5.76. The van der Waals surface area contributed by atoms with Gasteiger partial charge in [0.15, 0.2) is 0 Å². The lowest BCUT2D eigenvalue weighted by atomic mass is 9.87. The molecule has 1 aliphatic rings. The minimum atomic E-state index is 0.183. The summed E-state index contributed by atoms with van der Waals surface area (Å²) in [6, 6.07) is 0.330. The van der Waals surface area contributed by atoms with E-state index in [0.29, 0.717) is 36.9 Å². The molecule has 1 rings (SSSR count). The summed E-state index contributed by atoms with van der Waals surface area (Å²) < 4.78 is 5.49. The molecule has 1 aliphatic carbocycles. The van der Waals surface area contributed by atoms with Gasteiger partial charge in [0.05, 0.1) is 6.10 Å². The molecule has 0 aromatic carbocycles. The Balaban J connectivity index is 2.14. The van der Waals surface area contributed by atoms with Gasteiger partial charge < -0.3 is 15.8 Å². The lowest BCUT2D eigenvalue weighted by Crippen LogP contribution is -2.47. The van der Waals surface area contributed by atoms with Crippen molar-refractivity contribution in [2.45, 2.75) is 65.0 Å². The smallest absolute Gasteiger partial charge is 0.220 e. The number of hydrogen-bond donors (Lipinski definition) is 2. The molecule has 0 aromatic heterocycles. The molecule has 112 valence electrons. The van der Waals surface area contributed by atoms with Crippen molar-refractivity contribution in [3.8, 4) is 0 Å². The number of carbonyl (C=O) groups is 1. The fourth-order valence-electron chi connectivity index (χ4n) is 2.70. The first-order valence-corrected chi connectivity index (χ1v) is 7.67. The number of amides is 1. The predicted molar refractivity (Wildman–Crippen MR) is 77.8 cm³/mol. The molecule has 3 N–H and O–H groups in total. The van der Waals surface area contributed by atoms with Crippen LogP contribution in [0.5, 0.6) is 0 Å². The Labute approximate surface area is 117 Å². The van der Waals surface area contributed by atoms with Crippen LogP contribution in [0.1, 0.15) is 52.9 Å². The van der Waals surface area contributed by atoms with Gasteiger partial charge in [0.2, 0.25) is 5.91 Å². The molecule has 4 nitrogen and oxygen atoms in total. The van der Waals surface area contributed by atoms with Crippen molar-refractivity contribution < 1.29 is 9.53 Å². The van der Waals surface area contributed by atoms with Crippen LogP contribution < -0.4 is 11.1 Å². The number of carbonyl (C=O) groups excluding carboxylic acids is 1. The maximum absolute atomic E-state index is 11.9. The van der Waals surface area contributed by atoms with Gasteiger partial charge in [-0.15, -0.1) is 0 Å². The largest absolute Gasteiger partial charge is 0.378 e. The van der Waals surface area contributed by atoms with E-state index in [1.54, 1.807) is 0 Å². The maximum Gasteiger partial charge on any atom is 0.220 e. The van der Waals surface area contributed by atoms with Gasteiger partial charge in [-0.1, -0.05) is 13.8 Å². The Hall–Kier alpha value is -0.610. The Morgan fingerprint density at radius 1 is 1.37 bits per heavy atom. The molecule has 0 aromatic rings. The van der Waals surface area contributed by atoms with Crippen LogP contribution in [0.15, 0.2) is 0 Å². The van der Waals surface area contributed by atoms with Gasteiger partial charge in [-0.25, -0.2) is 0 Å². The highest BCUT2D eigenvalue weighted by Gasteiger charge is 2.30. The fourth-order valence-corrected chi connectivity index (χ4v) is 2.70. The quantitative estimate of drug-likeness (QED) is 0.674. The Morgan fingerprint density at radius 2 is 2.05 bits per heavy atom. The zero-order chi connectivity index (χ0) is 14.3. The summed E-state index contributed by atoms with van der Waals surface area (Å²) in [6.45, 7) is 7.90. The zero-order valence-electron chi connectivity index (χ0n) is 12.7. The second-order valence-electron chi connectivity index (χ2n) is 5.93. The Bertz CT molecular complexity index is 263. The molecule has 0 saturated heterocycles. The second kappa shape index (κ2) is 8.54. The summed E-state index contributed by atoms with van der Waals surface area (Å²) in [5.41, 5.74) is 5.61. The molecule has 1 saturated carbocycles. The maximum atomic E-state index is 11.9. The summed E-state index contributed by atoms with van der Waals surface area (Å²) in [5.74, 6) is 1.35. The molecule has 0 aliphatic heterocycles. The molecule has 1 amide bonds. The standard InChI is InChI=1S/C15H30N2O2/c1-4-19-14-9-13(10-14)17-15(18)6-5-12(7-8-16)11(2)3/h11-14H,4-10,16H2,1-3H3,(H,17,18). The number of nitrogens with one attached hydrogen (secondary N) is 1. The summed E-state index contributed by atoms with van der Waals surface area (Å²) in [6.07, 6.45) is 4.88. The normalized spacial score (nSPS) is 24.1. The van der Waals surface area contributed by atoms with E-state index >= 15 is 0 Å². The van der Waals surface area contributed by atoms with Crippen molar-refractivity contribution >= 4 is 5.91 Å². The molecule has 0 spiro atoms. The van der Waals surface area contributed by atoms with Gasteiger partial charge >= 0.3 is 0 Å². The molecule has 1 unspecified atom stereocenters. The van der Waals surface area contributed by atoms with E-state index in [-0.39, 0.29) is 5.91 Å². The highest BCUT2D eigenvalue weighted by atomic mass is 16.5. The van der Waals surface area contributed by atoms with Gasteiger partial charge in [0.1, 0.15) is 0 Å². The first-order valence-electron chi connectivity index (χ1n) is 7.67. The van der Waals surface area contributed by atoms with Gasteiger partial charge in [-0.05, 0) is 51.0 Å². The van der Waals surface area contributed by atoms with Gasteiger partial charge in [0, 0.05) is 19.1 Å². The lowest BCUT2D eigenvalue weighted by molar-refractivity contribution is -0.124. The molecular weight excluding hydrogens is 240 g/mol. The van der Waals surface area contributed by atoms with E-state index in [1.165, 1.54) is 0 Å². The monoisotopic (exact) mass is 270 g/mol. The van der Waals surface area contributed by atoms with Crippen molar-refractivity contribution in [2.75, 3.05) is 13.2 Å². The summed E-state index contributed by atoms with van der Waals surface area (Å²) >= 11 is 0. The minimum absolute atomic E-state index is 0.183. The number of hydrogen-bond acceptors (Lipinski definition) is 3. The van der Waals surface area contributed by atoms with Crippen molar-refractivity contribution in [3.05, 3.63) is 0 Å². The van der Waals surface area contributed by atoms with E-state index in [1.807, 2.05) is 6.92 Å². The van der Waals surface area contributed by atoms with Crippen molar-refractivity contribution in [1.29, 1.82) is 0 Å². The first kappa shape index (κ1) is 16.4. The molecule has 4 heteroatoms. The third kappa shape index (κ3) is 5.91. The minimum Gasteiger partial charge on any atom is -0.378 e. The van der Waals surface area contributed by atoms with Crippen LogP contribution in [0.4, 0.5) is 0 Å². The zero-order valence-corrected chi connectivity index (χ0v) is 12.7. The average molecular weight is 270 g/mol. The third-order valence-electron chi connectivity index (χ3n) is 4.08. The van der Waals surface area contributed by atoms with Crippen LogP contribution in [0.25, 0.3) is 0 Å².